The molecular formula is C21H23F3N2O3. The first-order chi connectivity index (χ1) is 13.7. The van der Waals surface area contributed by atoms with Crippen molar-refractivity contribution in [2.75, 3.05) is 38.0 Å². The number of nitrogens with zero attached hydrogens (tertiary/aromatic N) is 1. The maximum absolute atomic E-state index is 13.0. The van der Waals surface area contributed by atoms with E-state index < -0.39 is 17.6 Å². The molecule has 0 aliphatic carbocycles. The molecule has 1 amide bonds. The fourth-order valence-electron chi connectivity index (χ4n) is 2.66. The molecule has 0 bridgehead atoms. The van der Waals surface area contributed by atoms with Gasteiger partial charge in [-0.05, 0) is 42.3 Å². The zero-order valence-corrected chi connectivity index (χ0v) is 16.5. The summed E-state index contributed by atoms with van der Waals surface area (Å²) >= 11 is 0. The average molecular weight is 408 g/mol. The van der Waals surface area contributed by atoms with E-state index in [1.165, 1.54) is 13.2 Å². The molecule has 8 heteroatoms. The van der Waals surface area contributed by atoms with Crippen molar-refractivity contribution in [3.05, 3.63) is 60.2 Å². The van der Waals surface area contributed by atoms with Gasteiger partial charge in [-0.15, -0.1) is 6.58 Å². The summed E-state index contributed by atoms with van der Waals surface area (Å²) in [5.41, 5.74) is 0.608. The van der Waals surface area contributed by atoms with Gasteiger partial charge in [0.2, 0.25) is 0 Å². The Labute approximate surface area is 167 Å². The fraction of sp³-hybridized carbons (Fsp3) is 0.286. The topological polar surface area (TPSA) is 50.8 Å². The molecule has 0 unspecified atom stereocenters. The number of nitrogens with one attached hydrogen (secondary N) is 1. The number of anilines is 2. The molecule has 0 aliphatic rings. The standard InChI is InChI=1S/C21H23F3N2O3/c1-5-6-14-7-10-18(19(11-14)28-4)29-13-20(27)25-16-12-15(21(22,23)24)8-9-17(16)26(2)3/h5,7-12H,1,6,13H2,2-4H3,(H,25,27). The lowest BCUT2D eigenvalue weighted by atomic mass is 10.1. The highest BCUT2D eigenvalue weighted by Gasteiger charge is 2.31. The monoisotopic (exact) mass is 408 g/mol. The second kappa shape index (κ2) is 9.36. The summed E-state index contributed by atoms with van der Waals surface area (Å²) in [5.74, 6) is 0.210. The Balaban J connectivity index is 2.14. The Morgan fingerprint density at radius 1 is 1.17 bits per heavy atom. The van der Waals surface area contributed by atoms with Crippen molar-refractivity contribution in [2.24, 2.45) is 0 Å². The smallest absolute Gasteiger partial charge is 0.416 e. The van der Waals surface area contributed by atoms with Gasteiger partial charge in [0, 0.05) is 14.1 Å². The van der Waals surface area contributed by atoms with Crippen LogP contribution < -0.4 is 19.7 Å². The quantitative estimate of drug-likeness (QED) is 0.653. The van der Waals surface area contributed by atoms with Crippen LogP contribution in [0.1, 0.15) is 11.1 Å². The molecule has 156 valence electrons. The lowest BCUT2D eigenvalue weighted by molar-refractivity contribution is -0.137. The molecule has 0 aromatic heterocycles. The molecule has 0 spiro atoms. The number of benzene rings is 2. The highest BCUT2D eigenvalue weighted by Crippen LogP contribution is 2.35. The molecule has 0 radical (unpaired) electrons. The van der Waals surface area contributed by atoms with E-state index in [9.17, 15) is 18.0 Å². The molecule has 29 heavy (non-hydrogen) atoms. The van der Waals surface area contributed by atoms with Crippen LogP contribution >= 0.6 is 0 Å². The highest BCUT2D eigenvalue weighted by atomic mass is 19.4. The van der Waals surface area contributed by atoms with E-state index >= 15 is 0 Å². The molecule has 0 heterocycles. The van der Waals surface area contributed by atoms with Crippen LogP contribution in [0.3, 0.4) is 0 Å². The van der Waals surface area contributed by atoms with Gasteiger partial charge in [0.15, 0.2) is 18.1 Å². The predicted molar refractivity (Wildman–Crippen MR) is 107 cm³/mol. The van der Waals surface area contributed by atoms with Crippen LogP contribution in [0.15, 0.2) is 49.1 Å². The number of carbonyl (C=O) groups excluding carboxylic acids is 1. The number of methoxy groups -OCH3 is 1. The molecule has 2 rings (SSSR count). The Bertz CT molecular complexity index is 880. The van der Waals surface area contributed by atoms with E-state index in [4.69, 9.17) is 9.47 Å². The van der Waals surface area contributed by atoms with Crippen molar-refractivity contribution in [3.8, 4) is 11.5 Å². The Kier molecular flexibility index (Phi) is 7.14. The summed E-state index contributed by atoms with van der Waals surface area (Å²) in [5, 5.41) is 2.48. The first-order valence-corrected chi connectivity index (χ1v) is 8.74. The number of allylic oxidation sites excluding steroid dienone is 1. The number of hydrogen-bond acceptors (Lipinski definition) is 4. The van der Waals surface area contributed by atoms with E-state index in [2.05, 4.69) is 11.9 Å². The van der Waals surface area contributed by atoms with Crippen LogP contribution in [0, 0.1) is 0 Å². The SMILES string of the molecule is C=CCc1ccc(OCC(=O)Nc2cc(C(F)(F)F)ccc2N(C)C)c(OC)c1. The van der Waals surface area contributed by atoms with Crippen LogP contribution in [-0.2, 0) is 17.4 Å². The number of rotatable bonds is 8. The first-order valence-electron chi connectivity index (χ1n) is 8.74. The summed E-state index contributed by atoms with van der Waals surface area (Å²) in [6.07, 6.45) is -2.11. The third-order valence-electron chi connectivity index (χ3n) is 4.05. The summed E-state index contributed by atoms with van der Waals surface area (Å²) in [6.45, 7) is 3.29. The Morgan fingerprint density at radius 2 is 1.90 bits per heavy atom. The lowest BCUT2D eigenvalue weighted by Gasteiger charge is -2.20. The predicted octanol–water partition coefficient (Wildman–Crippen LogP) is 4.53. The molecule has 1 N–H and O–H groups in total. The third-order valence-corrected chi connectivity index (χ3v) is 4.05. The van der Waals surface area contributed by atoms with Crippen molar-refractivity contribution in [2.45, 2.75) is 12.6 Å². The molecular weight excluding hydrogens is 385 g/mol. The van der Waals surface area contributed by atoms with Gasteiger partial charge in [-0.3, -0.25) is 4.79 Å². The number of ether oxygens (including phenoxy) is 2. The van der Waals surface area contributed by atoms with Gasteiger partial charge in [0.25, 0.3) is 5.91 Å². The van der Waals surface area contributed by atoms with Gasteiger partial charge < -0.3 is 19.7 Å². The zero-order valence-electron chi connectivity index (χ0n) is 16.5. The summed E-state index contributed by atoms with van der Waals surface area (Å²) in [4.78, 5) is 13.9. The maximum atomic E-state index is 13.0. The number of carbonyl (C=O) groups is 1. The van der Waals surface area contributed by atoms with Crippen molar-refractivity contribution in [3.63, 3.8) is 0 Å². The van der Waals surface area contributed by atoms with E-state index in [-0.39, 0.29) is 12.3 Å². The van der Waals surface area contributed by atoms with Crippen LogP contribution in [-0.4, -0.2) is 33.7 Å². The normalized spacial score (nSPS) is 11.0. The second-order valence-corrected chi connectivity index (χ2v) is 6.44. The van der Waals surface area contributed by atoms with E-state index in [0.717, 1.165) is 17.7 Å². The van der Waals surface area contributed by atoms with Gasteiger partial charge in [-0.2, -0.15) is 13.2 Å². The lowest BCUT2D eigenvalue weighted by Crippen LogP contribution is -2.22. The Morgan fingerprint density at radius 3 is 2.48 bits per heavy atom. The van der Waals surface area contributed by atoms with Crippen LogP contribution in [0.25, 0.3) is 0 Å². The Hall–Kier alpha value is -3.16. The summed E-state index contributed by atoms with van der Waals surface area (Å²) in [6, 6.07) is 8.43. The molecule has 2 aromatic carbocycles. The summed E-state index contributed by atoms with van der Waals surface area (Å²) < 4.78 is 49.8. The minimum absolute atomic E-state index is 0.0479. The highest BCUT2D eigenvalue weighted by molar-refractivity contribution is 5.95. The van der Waals surface area contributed by atoms with Crippen LogP contribution in [0.2, 0.25) is 0 Å². The average Bonchev–Trinajstić information content (AvgIpc) is 2.66. The number of alkyl halides is 3. The zero-order chi connectivity index (χ0) is 21.6. The maximum Gasteiger partial charge on any atom is 0.416 e. The van der Waals surface area contributed by atoms with Crippen molar-refractivity contribution in [1.82, 2.24) is 0 Å². The minimum Gasteiger partial charge on any atom is -0.493 e. The largest absolute Gasteiger partial charge is 0.493 e. The minimum atomic E-state index is -4.51. The van der Waals surface area contributed by atoms with Gasteiger partial charge in [-0.1, -0.05) is 12.1 Å². The van der Waals surface area contributed by atoms with E-state index in [1.54, 1.807) is 37.2 Å². The number of hydrogen-bond donors (Lipinski definition) is 1. The van der Waals surface area contributed by atoms with Crippen molar-refractivity contribution in [1.29, 1.82) is 0 Å². The fourth-order valence-corrected chi connectivity index (χ4v) is 2.66. The molecule has 2 aromatic rings. The first kappa shape index (κ1) is 22.1. The van der Waals surface area contributed by atoms with Gasteiger partial charge in [0.05, 0.1) is 24.0 Å². The van der Waals surface area contributed by atoms with Crippen LogP contribution in [0.5, 0.6) is 11.5 Å². The van der Waals surface area contributed by atoms with E-state index in [1.807, 2.05) is 6.07 Å². The second-order valence-electron chi connectivity index (χ2n) is 6.44. The molecule has 0 fully saturated rings. The van der Waals surface area contributed by atoms with Gasteiger partial charge >= 0.3 is 6.18 Å². The third kappa shape index (κ3) is 5.91. The molecule has 0 atom stereocenters. The molecule has 0 saturated carbocycles. The summed E-state index contributed by atoms with van der Waals surface area (Å²) in [7, 11) is 4.82. The van der Waals surface area contributed by atoms with Crippen molar-refractivity contribution < 1.29 is 27.4 Å². The number of halogens is 3. The van der Waals surface area contributed by atoms with Crippen molar-refractivity contribution >= 4 is 17.3 Å². The number of amides is 1. The molecule has 5 nitrogen and oxygen atoms in total. The van der Waals surface area contributed by atoms with E-state index in [0.29, 0.717) is 23.6 Å². The molecule has 0 aliphatic heterocycles. The van der Waals surface area contributed by atoms with Crippen LogP contribution in [0.4, 0.5) is 24.5 Å². The molecule has 0 saturated heterocycles. The van der Waals surface area contributed by atoms with Gasteiger partial charge in [0.1, 0.15) is 0 Å². The van der Waals surface area contributed by atoms with Gasteiger partial charge in [-0.25, -0.2) is 0 Å².